The normalized spacial score (nSPS) is 10.6. The van der Waals surface area contributed by atoms with Crippen molar-refractivity contribution in [2.75, 3.05) is 5.73 Å². The first-order valence-corrected chi connectivity index (χ1v) is 6.13. The predicted octanol–water partition coefficient (Wildman–Crippen LogP) is 1.10. The topological polar surface area (TPSA) is 99.0 Å². The molecule has 0 unspecified atom stereocenters. The average molecular weight is 263 g/mol. The van der Waals surface area contributed by atoms with Gasteiger partial charge < -0.3 is 20.1 Å². The standard InChI is InChI=1S/C12H17N5O2/c1-3-4-17-7-9(13)5-10(17)12(18)14-6-11-15-8(2)16-19-11/h5,7H,3-4,6,13H2,1-2H3,(H,14,18). The van der Waals surface area contributed by atoms with Crippen molar-refractivity contribution >= 4 is 11.6 Å². The molecule has 19 heavy (non-hydrogen) atoms. The number of rotatable bonds is 5. The number of nitrogens with two attached hydrogens (primary N) is 1. The number of hydrogen-bond acceptors (Lipinski definition) is 5. The number of nitrogens with zero attached hydrogens (tertiary/aromatic N) is 3. The first-order chi connectivity index (χ1) is 9.10. The summed E-state index contributed by atoms with van der Waals surface area (Å²) in [7, 11) is 0. The van der Waals surface area contributed by atoms with Gasteiger partial charge in [0.25, 0.3) is 5.91 Å². The Morgan fingerprint density at radius 1 is 1.58 bits per heavy atom. The van der Waals surface area contributed by atoms with E-state index in [1.165, 1.54) is 0 Å². The summed E-state index contributed by atoms with van der Waals surface area (Å²) < 4.78 is 6.76. The molecule has 0 saturated carbocycles. The Labute approximate surface area is 110 Å². The van der Waals surface area contributed by atoms with Gasteiger partial charge in [-0.3, -0.25) is 4.79 Å². The number of aromatic nitrogens is 3. The highest BCUT2D eigenvalue weighted by Crippen LogP contribution is 2.11. The first kappa shape index (κ1) is 13.1. The van der Waals surface area contributed by atoms with E-state index in [-0.39, 0.29) is 12.5 Å². The van der Waals surface area contributed by atoms with E-state index in [1.807, 2.05) is 11.5 Å². The number of aryl methyl sites for hydroxylation is 2. The molecule has 0 aliphatic heterocycles. The van der Waals surface area contributed by atoms with Crippen molar-refractivity contribution in [2.24, 2.45) is 0 Å². The van der Waals surface area contributed by atoms with E-state index >= 15 is 0 Å². The first-order valence-electron chi connectivity index (χ1n) is 6.13. The zero-order chi connectivity index (χ0) is 13.8. The molecule has 7 heteroatoms. The SMILES string of the molecule is CCCn1cc(N)cc1C(=O)NCc1nc(C)no1. The number of hydrogen-bond donors (Lipinski definition) is 2. The number of anilines is 1. The van der Waals surface area contributed by atoms with Crippen LogP contribution in [0.2, 0.25) is 0 Å². The lowest BCUT2D eigenvalue weighted by atomic mass is 10.3. The van der Waals surface area contributed by atoms with Gasteiger partial charge in [-0.05, 0) is 19.4 Å². The van der Waals surface area contributed by atoms with Crippen LogP contribution in [0.1, 0.15) is 35.5 Å². The van der Waals surface area contributed by atoms with Crippen molar-refractivity contribution < 1.29 is 9.32 Å². The number of carbonyl (C=O) groups excluding carboxylic acids is 1. The molecule has 0 spiro atoms. The fourth-order valence-electron chi connectivity index (χ4n) is 1.81. The van der Waals surface area contributed by atoms with Crippen LogP contribution >= 0.6 is 0 Å². The third-order valence-electron chi connectivity index (χ3n) is 2.58. The number of nitrogen functional groups attached to an aromatic ring is 1. The second-order valence-electron chi connectivity index (χ2n) is 4.27. The zero-order valence-electron chi connectivity index (χ0n) is 11.0. The molecule has 3 N–H and O–H groups in total. The highest BCUT2D eigenvalue weighted by molar-refractivity contribution is 5.93. The average Bonchev–Trinajstić information content (AvgIpc) is 2.93. The minimum Gasteiger partial charge on any atom is -0.397 e. The Morgan fingerprint density at radius 2 is 2.37 bits per heavy atom. The number of nitrogens with one attached hydrogen (secondary N) is 1. The molecule has 0 aromatic carbocycles. The van der Waals surface area contributed by atoms with Gasteiger partial charge >= 0.3 is 0 Å². The highest BCUT2D eigenvalue weighted by atomic mass is 16.5. The van der Waals surface area contributed by atoms with Crippen LogP contribution in [-0.2, 0) is 13.1 Å². The Bertz CT molecular complexity index is 572. The number of amides is 1. The molecule has 0 atom stereocenters. The fourth-order valence-corrected chi connectivity index (χ4v) is 1.81. The van der Waals surface area contributed by atoms with Crippen molar-refractivity contribution in [1.29, 1.82) is 0 Å². The van der Waals surface area contributed by atoms with Gasteiger partial charge in [-0.15, -0.1) is 0 Å². The van der Waals surface area contributed by atoms with Gasteiger partial charge in [-0.1, -0.05) is 12.1 Å². The molecule has 2 heterocycles. The smallest absolute Gasteiger partial charge is 0.268 e. The van der Waals surface area contributed by atoms with E-state index in [4.69, 9.17) is 10.3 Å². The Hall–Kier alpha value is -2.31. The zero-order valence-corrected chi connectivity index (χ0v) is 11.0. The van der Waals surface area contributed by atoms with Crippen molar-refractivity contribution in [2.45, 2.75) is 33.4 Å². The minimum absolute atomic E-state index is 0.205. The van der Waals surface area contributed by atoms with E-state index in [0.29, 0.717) is 23.1 Å². The predicted molar refractivity (Wildman–Crippen MR) is 69.3 cm³/mol. The number of carbonyl (C=O) groups is 1. The summed E-state index contributed by atoms with van der Waals surface area (Å²) in [6, 6.07) is 1.66. The molecule has 2 aromatic heterocycles. The molecule has 1 amide bonds. The van der Waals surface area contributed by atoms with Crippen LogP contribution < -0.4 is 11.1 Å². The fraction of sp³-hybridized carbons (Fsp3) is 0.417. The van der Waals surface area contributed by atoms with Gasteiger partial charge in [0.2, 0.25) is 5.89 Å². The molecule has 0 bridgehead atoms. The highest BCUT2D eigenvalue weighted by Gasteiger charge is 2.13. The lowest BCUT2D eigenvalue weighted by Crippen LogP contribution is -2.25. The molecule has 0 aliphatic carbocycles. The van der Waals surface area contributed by atoms with E-state index < -0.39 is 0 Å². The quantitative estimate of drug-likeness (QED) is 0.841. The molecule has 7 nitrogen and oxygen atoms in total. The summed E-state index contributed by atoms with van der Waals surface area (Å²) in [5.74, 6) is 0.719. The molecule has 0 radical (unpaired) electrons. The second kappa shape index (κ2) is 5.55. The van der Waals surface area contributed by atoms with Crippen molar-refractivity contribution in [3.8, 4) is 0 Å². The molecule has 0 fully saturated rings. The maximum Gasteiger partial charge on any atom is 0.268 e. The van der Waals surface area contributed by atoms with Crippen LogP contribution in [0.15, 0.2) is 16.8 Å². The molecular formula is C12H17N5O2. The summed E-state index contributed by atoms with van der Waals surface area (Å²) in [5, 5.41) is 6.38. The molecule has 0 saturated heterocycles. The summed E-state index contributed by atoms with van der Waals surface area (Å²) in [6.45, 7) is 4.72. The summed E-state index contributed by atoms with van der Waals surface area (Å²) in [4.78, 5) is 16.1. The van der Waals surface area contributed by atoms with Crippen LogP contribution in [0.5, 0.6) is 0 Å². The van der Waals surface area contributed by atoms with Crippen molar-refractivity contribution in [3.05, 3.63) is 29.7 Å². The monoisotopic (exact) mass is 263 g/mol. The van der Waals surface area contributed by atoms with Gasteiger partial charge in [-0.2, -0.15) is 4.98 Å². The Kier molecular flexibility index (Phi) is 3.84. The van der Waals surface area contributed by atoms with Crippen LogP contribution in [0.25, 0.3) is 0 Å². The van der Waals surface area contributed by atoms with Crippen LogP contribution in [0.4, 0.5) is 5.69 Å². The van der Waals surface area contributed by atoms with Gasteiger partial charge in [-0.25, -0.2) is 0 Å². The van der Waals surface area contributed by atoms with Gasteiger partial charge in [0, 0.05) is 12.7 Å². The third kappa shape index (κ3) is 3.12. The van der Waals surface area contributed by atoms with Crippen molar-refractivity contribution in [1.82, 2.24) is 20.0 Å². The Balaban J connectivity index is 2.03. The van der Waals surface area contributed by atoms with Crippen LogP contribution in [0, 0.1) is 6.92 Å². The van der Waals surface area contributed by atoms with Crippen molar-refractivity contribution in [3.63, 3.8) is 0 Å². The summed E-state index contributed by atoms with van der Waals surface area (Å²) >= 11 is 0. The minimum atomic E-state index is -0.207. The second-order valence-corrected chi connectivity index (χ2v) is 4.27. The molecule has 2 aromatic rings. The molecule has 0 aliphatic rings. The molecular weight excluding hydrogens is 246 g/mol. The maximum atomic E-state index is 12.1. The molecule has 102 valence electrons. The largest absolute Gasteiger partial charge is 0.397 e. The van der Waals surface area contributed by atoms with Gasteiger partial charge in [0.15, 0.2) is 5.82 Å². The maximum absolute atomic E-state index is 12.1. The van der Waals surface area contributed by atoms with E-state index in [1.54, 1.807) is 19.2 Å². The van der Waals surface area contributed by atoms with Gasteiger partial charge in [0.05, 0.1) is 12.2 Å². The lowest BCUT2D eigenvalue weighted by molar-refractivity contribution is 0.0937. The summed E-state index contributed by atoms with van der Waals surface area (Å²) in [5.41, 5.74) is 6.83. The van der Waals surface area contributed by atoms with Gasteiger partial charge in [0.1, 0.15) is 5.69 Å². The van der Waals surface area contributed by atoms with Crippen LogP contribution in [0.3, 0.4) is 0 Å². The molecule has 2 rings (SSSR count). The van der Waals surface area contributed by atoms with Crippen LogP contribution in [-0.4, -0.2) is 20.6 Å². The van der Waals surface area contributed by atoms with E-state index in [2.05, 4.69) is 15.5 Å². The lowest BCUT2D eigenvalue weighted by Gasteiger charge is -2.07. The Morgan fingerprint density at radius 3 is 3.00 bits per heavy atom. The van der Waals surface area contributed by atoms with E-state index in [9.17, 15) is 4.79 Å². The van der Waals surface area contributed by atoms with E-state index in [0.717, 1.165) is 13.0 Å². The third-order valence-corrected chi connectivity index (χ3v) is 2.58. The summed E-state index contributed by atoms with van der Waals surface area (Å²) in [6.07, 6.45) is 2.69.